The van der Waals surface area contributed by atoms with Gasteiger partial charge in [-0.15, -0.1) is 0 Å². The maximum atomic E-state index is 6.13. The van der Waals surface area contributed by atoms with E-state index < -0.39 is 0 Å². The Morgan fingerprint density at radius 1 is 1.05 bits per heavy atom. The molecule has 1 aromatic heterocycles. The molecule has 1 heterocycles. The highest BCUT2D eigenvalue weighted by Gasteiger charge is 2.13. The summed E-state index contributed by atoms with van der Waals surface area (Å²) in [7, 11) is 1.64. The summed E-state index contributed by atoms with van der Waals surface area (Å²) in [6.07, 6.45) is 0. The number of fused-ring (bicyclic) bond motifs is 1. The van der Waals surface area contributed by atoms with Crippen molar-refractivity contribution in [3.05, 3.63) is 47.5 Å². The summed E-state index contributed by atoms with van der Waals surface area (Å²) in [5.41, 5.74) is 10.0. The number of ether oxygens (including phenoxy) is 1. The van der Waals surface area contributed by atoms with E-state index >= 15 is 0 Å². The van der Waals surface area contributed by atoms with Crippen LogP contribution in [-0.4, -0.2) is 17.1 Å². The molecule has 0 aliphatic heterocycles. The molecule has 4 heteroatoms. The molecule has 0 fully saturated rings. The van der Waals surface area contributed by atoms with Gasteiger partial charge in [0.2, 0.25) is 0 Å². The topological polar surface area (TPSA) is 61.0 Å². The van der Waals surface area contributed by atoms with E-state index in [-0.39, 0.29) is 0 Å². The van der Waals surface area contributed by atoms with Crippen LogP contribution in [-0.2, 0) is 0 Å². The van der Waals surface area contributed by atoms with Gasteiger partial charge in [0.25, 0.3) is 0 Å². The lowest BCUT2D eigenvalue weighted by Crippen LogP contribution is -2.00. The van der Waals surface area contributed by atoms with Crippen LogP contribution in [0.3, 0.4) is 0 Å². The molecule has 0 bridgehead atoms. The molecule has 0 saturated heterocycles. The summed E-state index contributed by atoms with van der Waals surface area (Å²) in [6, 6.07) is 11.9. The fourth-order valence-corrected chi connectivity index (χ4v) is 2.50. The number of aromatic nitrogens is 2. The summed E-state index contributed by atoms with van der Waals surface area (Å²) >= 11 is 0. The van der Waals surface area contributed by atoms with Gasteiger partial charge in [0.15, 0.2) is 5.82 Å². The molecule has 0 aliphatic carbocycles. The molecule has 0 amide bonds. The first kappa shape index (κ1) is 13.4. The van der Waals surface area contributed by atoms with Gasteiger partial charge in [0.05, 0.1) is 18.2 Å². The Morgan fingerprint density at radius 3 is 2.62 bits per heavy atom. The van der Waals surface area contributed by atoms with E-state index in [2.05, 4.69) is 9.97 Å². The zero-order valence-corrected chi connectivity index (χ0v) is 12.3. The highest BCUT2D eigenvalue weighted by atomic mass is 16.5. The Morgan fingerprint density at radius 2 is 1.86 bits per heavy atom. The second-order valence-corrected chi connectivity index (χ2v) is 5.11. The quantitative estimate of drug-likeness (QED) is 0.780. The minimum Gasteiger partial charge on any atom is -0.496 e. The van der Waals surface area contributed by atoms with Gasteiger partial charge < -0.3 is 10.5 Å². The lowest BCUT2D eigenvalue weighted by atomic mass is 10.1. The average Bonchev–Trinajstić information content (AvgIpc) is 2.47. The third kappa shape index (κ3) is 2.29. The number of benzene rings is 2. The van der Waals surface area contributed by atoms with Crippen molar-refractivity contribution < 1.29 is 4.74 Å². The fraction of sp³-hybridized carbons (Fsp3) is 0.176. The number of nitrogens with zero attached hydrogens (tertiary/aromatic N) is 2. The molecule has 0 aliphatic rings. The fourth-order valence-electron chi connectivity index (χ4n) is 2.50. The van der Waals surface area contributed by atoms with E-state index in [4.69, 9.17) is 10.5 Å². The van der Waals surface area contributed by atoms with Crippen molar-refractivity contribution >= 4 is 16.7 Å². The molecule has 0 atom stereocenters. The maximum absolute atomic E-state index is 6.13. The number of methoxy groups -OCH3 is 1. The van der Waals surface area contributed by atoms with Crippen LogP contribution < -0.4 is 10.5 Å². The largest absolute Gasteiger partial charge is 0.496 e. The number of aryl methyl sites for hydroxylation is 2. The monoisotopic (exact) mass is 279 g/mol. The van der Waals surface area contributed by atoms with Gasteiger partial charge in [-0.1, -0.05) is 23.8 Å². The molecule has 0 unspecified atom stereocenters. The molecule has 106 valence electrons. The Bertz CT molecular complexity index is 828. The van der Waals surface area contributed by atoms with Gasteiger partial charge >= 0.3 is 0 Å². The van der Waals surface area contributed by atoms with E-state index in [0.29, 0.717) is 11.6 Å². The number of rotatable bonds is 2. The van der Waals surface area contributed by atoms with Gasteiger partial charge in [-0.05, 0) is 37.6 Å². The van der Waals surface area contributed by atoms with Crippen molar-refractivity contribution in [2.75, 3.05) is 12.8 Å². The Kier molecular flexibility index (Phi) is 3.22. The lowest BCUT2D eigenvalue weighted by Gasteiger charge is -2.11. The minimum atomic E-state index is 0.497. The highest BCUT2D eigenvalue weighted by molar-refractivity contribution is 5.92. The second-order valence-electron chi connectivity index (χ2n) is 5.11. The zero-order valence-electron chi connectivity index (χ0n) is 12.3. The molecule has 0 spiro atoms. The molecular weight excluding hydrogens is 262 g/mol. The lowest BCUT2D eigenvalue weighted by molar-refractivity contribution is 0.416. The van der Waals surface area contributed by atoms with E-state index in [9.17, 15) is 0 Å². The smallest absolute Gasteiger partial charge is 0.165 e. The Balaban J connectivity index is 2.29. The van der Waals surface area contributed by atoms with Crippen LogP contribution in [0.1, 0.15) is 11.1 Å². The van der Waals surface area contributed by atoms with Crippen LogP contribution in [0.25, 0.3) is 22.3 Å². The molecular formula is C17H17N3O. The first-order valence-electron chi connectivity index (χ1n) is 6.78. The molecule has 3 rings (SSSR count). The van der Waals surface area contributed by atoms with Crippen molar-refractivity contribution in [1.82, 2.24) is 9.97 Å². The van der Waals surface area contributed by atoms with Crippen LogP contribution in [0, 0.1) is 13.8 Å². The van der Waals surface area contributed by atoms with Crippen LogP contribution in [0.2, 0.25) is 0 Å². The van der Waals surface area contributed by atoms with Gasteiger partial charge in [-0.25, -0.2) is 9.97 Å². The normalized spacial score (nSPS) is 10.8. The summed E-state index contributed by atoms with van der Waals surface area (Å²) in [5.74, 6) is 1.83. The van der Waals surface area contributed by atoms with Gasteiger partial charge in [0.1, 0.15) is 11.6 Å². The minimum absolute atomic E-state index is 0.497. The summed E-state index contributed by atoms with van der Waals surface area (Å²) in [6.45, 7) is 4.03. The summed E-state index contributed by atoms with van der Waals surface area (Å²) < 4.78 is 5.41. The first-order valence-corrected chi connectivity index (χ1v) is 6.78. The average molecular weight is 279 g/mol. The van der Waals surface area contributed by atoms with Crippen LogP contribution in [0.5, 0.6) is 5.75 Å². The third-order valence-corrected chi connectivity index (χ3v) is 3.56. The van der Waals surface area contributed by atoms with Gasteiger partial charge in [-0.3, -0.25) is 0 Å². The predicted octanol–water partition coefficient (Wildman–Crippen LogP) is 3.50. The summed E-state index contributed by atoms with van der Waals surface area (Å²) in [5, 5.41) is 0.910. The standard InChI is InChI=1S/C17H17N3O/c1-10-7-8-14(21-3)12(9-10)17-19-13-6-4-5-11(2)15(13)16(18)20-17/h4-9H,1-3H3,(H2,18,19,20). The van der Waals surface area contributed by atoms with Crippen LogP contribution in [0.4, 0.5) is 5.82 Å². The van der Waals surface area contributed by atoms with E-state index in [1.807, 2.05) is 50.2 Å². The third-order valence-electron chi connectivity index (χ3n) is 3.56. The number of hydrogen-bond donors (Lipinski definition) is 1. The molecule has 21 heavy (non-hydrogen) atoms. The molecule has 2 aromatic carbocycles. The van der Waals surface area contributed by atoms with Crippen molar-refractivity contribution in [3.8, 4) is 17.1 Å². The number of anilines is 1. The molecule has 4 nitrogen and oxygen atoms in total. The SMILES string of the molecule is COc1ccc(C)cc1-c1nc(N)c2c(C)cccc2n1. The van der Waals surface area contributed by atoms with Gasteiger partial charge in [0, 0.05) is 5.39 Å². The first-order chi connectivity index (χ1) is 10.1. The van der Waals surface area contributed by atoms with Crippen molar-refractivity contribution in [2.24, 2.45) is 0 Å². The second kappa shape index (κ2) is 5.05. The van der Waals surface area contributed by atoms with Crippen molar-refractivity contribution in [1.29, 1.82) is 0 Å². The molecule has 0 saturated carbocycles. The molecule has 2 N–H and O–H groups in total. The number of nitrogen functional groups attached to an aromatic ring is 1. The Hall–Kier alpha value is -2.62. The summed E-state index contributed by atoms with van der Waals surface area (Å²) in [4.78, 5) is 9.11. The highest BCUT2D eigenvalue weighted by Crippen LogP contribution is 2.31. The van der Waals surface area contributed by atoms with E-state index in [0.717, 1.165) is 33.3 Å². The van der Waals surface area contributed by atoms with Gasteiger partial charge in [-0.2, -0.15) is 0 Å². The molecule has 0 radical (unpaired) electrons. The van der Waals surface area contributed by atoms with Crippen LogP contribution >= 0.6 is 0 Å². The van der Waals surface area contributed by atoms with Crippen LogP contribution in [0.15, 0.2) is 36.4 Å². The van der Waals surface area contributed by atoms with Crippen molar-refractivity contribution in [2.45, 2.75) is 13.8 Å². The number of hydrogen-bond acceptors (Lipinski definition) is 4. The van der Waals surface area contributed by atoms with E-state index in [1.54, 1.807) is 7.11 Å². The zero-order chi connectivity index (χ0) is 15.0. The van der Waals surface area contributed by atoms with Crippen molar-refractivity contribution in [3.63, 3.8) is 0 Å². The maximum Gasteiger partial charge on any atom is 0.165 e. The van der Waals surface area contributed by atoms with E-state index in [1.165, 1.54) is 0 Å². The number of nitrogens with two attached hydrogens (primary N) is 1. The predicted molar refractivity (Wildman–Crippen MR) is 85.4 cm³/mol. The Labute approximate surface area is 123 Å². The molecule has 3 aromatic rings.